The first-order valence-corrected chi connectivity index (χ1v) is 13.5. The third-order valence-corrected chi connectivity index (χ3v) is 8.45. The van der Waals surface area contributed by atoms with Crippen LogP contribution >= 0.6 is 15.9 Å². The van der Waals surface area contributed by atoms with Gasteiger partial charge in [-0.05, 0) is 54.1 Å². The first-order valence-electron chi connectivity index (χ1n) is 9.73. The van der Waals surface area contributed by atoms with Crippen molar-refractivity contribution in [3.05, 3.63) is 88.1 Å². The van der Waals surface area contributed by atoms with Crippen molar-refractivity contribution in [3.63, 3.8) is 0 Å². The topological polar surface area (TPSA) is 83.5 Å². The Morgan fingerprint density at radius 3 is 2.34 bits per heavy atom. The average molecular weight is 539 g/mol. The summed E-state index contributed by atoms with van der Waals surface area (Å²) in [6.07, 6.45) is 0.160. The van der Waals surface area contributed by atoms with Crippen LogP contribution in [0.2, 0.25) is 0 Å². The molecule has 0 bridgehead atoms. The van der Waals surface area contributed by atoms with Gasteiger partial charge >= 0.3 is 0 Å². The molecule has 3 rings (SSSR count). The zero-order valence-electron chi connectivity index (χ0n) is 17.2. The zero-order valence-corrected chi connectivity index (χ0v) is 20.4. The highest BCUT2D eigenvalue weighted by atomic mass is 79.9. The number of rotatable bonds is 8. The molecule has 0 saturated heterocycles. The van der Waals surface area contributed by atoms with Gasteiger partial charge in [-0.25, -0.2) is 4.39 Å². The molecule has 32 heavy (non-hydrogen) atoms. The standard InChI is InChI=1S/C23H21BrFNO4S2/c1-2-31(28)20-9-3-16(4-10-20)13-23(27)26-19-8-5-17(22(24)14-19)15-32(29,30)21-11-6-18(25)7-12-21/h3-12,14H,2,13,15H2,1H3,(H-,26,27,29,30)/p+1. The van der Waals surface area contributed by atoms with E-state index in [4.69, 9.17) is 0 Å². The maximum atomic E-state index is 13.1. The van der Waals surface area contributed by atoms with Gasteiger partial charge in [0.05, 0.1) is 17.2 Å². The smallest absolute Gasteiger partial charge is 0.252 e. The molecule has 3 aromatic carbocycles. The first-order chi connectivity index (χ1) is 15.2. The quantitative estimate of drug-likeness (QED) is 0.374. The lowest BCUT2D eigenvalue weighted by Crippen LogP contribution is -2.15. The van der Waals surface area contributed by atoms with Crippen LogP contribution in [0, 0.1) is 5.82 Å². The predicted molar refractivity (Wildman–Crippen MR) is 129 cm³/mol. The summed E-state index contributed by atoms with van der Waals surface area (Å²) in [5, 5.41) is 2.80. The number of anilines is 1. The van der Waals surface area contributed by atoms with E-state index in [1.165, 1.54) is 12.1 Å². The van der Waals surface area contributed by atoms with Crippen molar-refractivity contribution in [2.75, 3.05) is 11.1 Å². The molecular weight excluding hydrogens is 517 g/mol. The van der Waals surface area contributed by atoms with Crippen molar-refractivity contribution >= 4 is 48.5 Å². The SMILES string of the molecule is CCS(=O)c1ccc(CC(=O)Nc2ccc(C[S+](=O)(O)c3ccc(F)cc3)c(Br)c2)cc1. The zero-order chi connectivity index (χ0) is 23.3. The van der Waals surface area contributed by atoms with Gasteiger partial charge in [0.15, 0.2) is 10.6 Å². The van der Waals surface area contributed by atoms with Crippen LogP contribution < -0.4 is 5.32 Å². The van der Waals surface area contributed by atoms with Gasteiger partial charge in [-0.15, -0.1) is 0 Å². The Bertz CT molecular complexity index is 1180. The highest BCUT2D eigenvalue weighted by Gasteiger charge is 2.30. The average Bonchev–Trinajstić information content (AvgIpc) is 2.76. The number of benzene rings is 3. The molecule has 1 amide bonds. The van der Waals surface area contributed by atoms with E-state index in [1.807, 2.05) is 6.92 Å². The van der Waals surface area contributed by atoms with Gasteiger partial charge in [0, 0.05) is 26.4 Å². The Morgan fingerprint density at radius 1 is 1.09 bits per heavy atom. The molecule has 5 nitrogen and oxygen atoms in total. The Labute approximate surface area is 198 Å². The number of hydrogen-bond acceptors (Lipinski definition) is 3. The lowest BCUT2D eigenvalue weighted by molar-refractivity contribution is -0.115. The number of halogens is 2. The van der Waals surface area contributed by atoms with Crippen LogP contribution in [-0.2, 0) is 42.2 Å². The summed E-state index contributed by atoms with van der Waals surface area (Å²) < 4.78 is 48.6. The van der Waals surface area contributed by atoms with Gasteiger partial charge < -0.3 is 5.32 Å². The summed E-state index contributed by atoms with van der Waals surface area (Å²) in [6.45, 7) is 1.85. The lowest BCUT2D eigenvalue weighted by atomic mass is 10.1. The minimum Gasteiger partial charge on any atom is -0.326 e. The number of carbonyl (C=O) groups is 1. The molecule has 3 aromatic rings. The van der Waals surface area contributed by atoms with Gasteiger partial charge in [0.25, 0.3) is 10.2 Å². The highest BCUT2D eigenvalue weighted by Crippen LogP contribution is 2.28. The van der Waals surface area contributed by atoms with Crippen molar-refractivity contribution < 1.29 is 22.2 Å². The summed E-state index contributed by atoms with van der Waals surface area (Å²) in [7, 11) is -4.43. The van der Waals surface area contributed by atoms with Crippen LogP contribution in [0.4, 0.5) is 10.1 Å². The predicted octanol–water partition coefficient (Wildman–Crippen LogP) is 5.43. The van der Waals surface area contributed by atoms with Gasteiger partial charge in [-0.3, -0.25) is 9.00 Å². The third kappa shape index (κ3) is 6.41. The van der Waals surface area contributed by atoms with E-state index in [1.54, 1.807) is 42.5 Å². The van der Waals surface area contributed by atoms with Crippen molar-refractivity contribution in [2.24, 2.45) is 0 Å². The fourth-order valence-electron chi connectivity index (χ4n) is 3.00. The number of nitrogens with one attached hydrogen (secondary N) is 1. The van der Waals surface area contributed by atoms with Gasteiger partial charge in [0.1, 0.15) is 5.82 Å². The summed E-state index contributed by atoms with van der Waals surface area (Å²) >= 11 is 3.39. The van der Waals surface area contributed by atoms with E-state index in [9.17, 15) is 22.2 Å². The molecule has 0 fully saturated rings. The number of carbonyl (C=O) groups excluding carboxylic acids is 1. The minimum absolute atomic E-state index is 0.150. The fraction of sp³-hybridized carbons (Fsp3) is 0.174. The molecule has 0 aliphatic carbocycles. The summed E-state index contributed by atoms with van der Waals surface area (Å²) in [4.78, 5) is 13.3. The molecule has 0 aromatic heterocycles. The molecule has 2 unspecified atom stereocenters. The molecule has 2 N–H and O–H groups in total. The Kier molecular flexibility index (Phi) is 8.10. The van der Waals surface area contributed by atoms with Gasteiger partial charge in [-0.1, -0.05) is 45.3 Å². The monoisotopic (exact) mass is 538 g/mol. The number of hydrogen-bond donors (Lipinski definition) is 2. The molecule has 0 saturated carbocycles. The summed E-state index contributed by atoms with van der Waals surface area (Å²) in [5.74, 6) is -0.304. The van der Waals surface area contributed by atoms with Crippen LogP contribution in [-0.4, -0.2) is 20.4 Å². The second-order valence-electron chi connectivity index (χ2n) is 7.05. The maximum absolute atomic E-state index is 13.1. The molecule has 0 aliphatic rings. The van der Waals surface area contributed by atoms with Crippen LogP contribution in [0.15, 0.2) is 81.0 Å². The maximum Gasteiger partial charge on any atom is 0.252 e. The number of amides is 1. The van der Waals surface area contributed by atoms with Crippen molar-refractivity contribution in [1.82, 2.24) is 0 Å². The van der Waals surface area contributed by atoms with Crippen LogP contribution in [0.3, 0.4) is 0 Å². The second-order valence-corrected chi connectivity index (χ2v) is 11.7. The first kappa shape index (κ1) is 24.4. The van der Waals surface area contributed by atoms with Gasteiger partial charge in [0.2, 0.25) is 5.91 Å². The van der Waals surface area contributed by atoms with Crippen LogP contribution in [0.1, 0.15) is 18.1 Å². The summed E-state index contributed by atoms with van der Waals surface area (Å²) in [5.41, 5.74) is 1.93. The minimum atomic E-state index is -3.40. The van der Waals surface area contributed by atoms with Crippen molar-refractivity contribution in [2.45, 2.75) is 28.9 Å². The normalized spacial score (nSPS) is 13.9. The van der Waals surface area contributed by atoms with Crippen LogP contribution in [0.5, 0.6) is 0 Å². The largest absolute Gasteiger partial charge is 0.326 e. The molecule has 0 heterocycles. The highest BCUT2D eigenvalue weighted by molar-refractivity contribution is 9.10. The van der Waals surface area contributed by atoms with E-state index in [0.29, 0.717) is 21.5 Å². The molecule has 9 heteroatoms. The van der Waals surface area contributed by atoms with Crippen molar-refractivity contribution in [3.8, 4) is 0 Å². The molecule has 0 spiro atoms. The Hall–Kier alpha value is -2.20. The molecule has 0 radical (unpaired) electrons. The lowest BCUT2D eigenvalue weighted by Gasteiger charge is -2.10. The fourth-order valence-corrected chi connectivity index (χ4v) is 5.88. The van der Waals surface area contributed by atoms with Crippen molar-refractivity contribution in [1.29, 1.82) is 0 Å². The molecule has 2 atom stereocenters. The van der Waals surface area contributed by atoms with E-state index in [2.05, 4.69) is 21.2 Å². The van der Waals surface area contributed by atoms with E-state index >= 15 is 0 Å². The van der Waals surface area contributed by atoms with E-state index in [0.717, 1.165) is 22.6 Å². The Morgan fingerprint density at radius 2 is 1.75 bits per heavy atom. The second kappa shape index (κ2) is 10.6. The molecular formula is C23H22BrFNO4S2+. The van der Waals surface area contributed by atoms with Crippen LogP contribution in [0.25, 0.3) is 0 Å². The Balaban J connectivity index is 1.64. The summed E-state index contributed by atoms with van der Waals surface area (Å²) in [6, 6.07) is 17.0. The molecule has 0 aliphatic heterocycles. The van der Waals surface area contributed by atoms with Gasteiger partial charge in [-0.2, -0.15) is 4.55 Å². The van der Waals surface area contributed by atoms with E-state index < -0.39 is 26.8 Å². The molecule has 168 valence electrons. The third-order valence-electron chi connectivity index (χ3n) is 4.68. The van der Waals surface area contributed by atoms with E-state index in [-0.39, 0.29) is 23.0 Å².